The van der Waals surface area contributed by atoms with Crippen molar-refractivity contribution >= 4 is 0 Å². The van der Waals surface area contributed by atoms with E-state index in [1.54, 1.807) is 0 Å². The van der Waals surface area contributed by atoms with Crippen molar-refractivity contribution in [3.63, 3.8) is 0 Å². The fraction of sp³-hybridized carbons (Fsp3) is 0. The van der Waals surface area contributed by atoms with Crippen molar-refractivity contribution in [1.29, 1.82) is 0 Å². The highest BCUT2D eigenvalue weighted by atomic mass is 16.4. The van der Waals surface area contributed by atoms with E-state index in [0.717, 1.165) is 0 Å². The molecule has 0 aliphatic rings. The molecule has 0 aromatic rings. The van der Waals surface area contributed by atoms with E-state index in [1.807, 2.05) is 0 Å². The van der Waals surface area contributed by atoms with Gasteiger partial charge in [0.2, 0.25) is 5.72 Å². The molecule has 0 unspecified atom stereocenters. The van der Waals surface area contributed by atoms with Crippen LogP contribution in [-0.4, -0.2) is 20.8 Å². The number of hydrogen-bond acceptors (Lipinski definition) is 8. The number of nitrogens with two attached hydrogens (primary N) is 4. The molecule has 0 aromatic heterocycles. The molecule has 0 atom stereocenters. The molecule has 0 aliphatic heterocycles. The Labute approximate surface area is 51.7 Å². The summed E-state index contributed by atoms with van der Waals surface area (Å²) < 4.78 is 21.9. The predicted molar refractivity (Wildman–Crippen MR) is 23.9 cm³/mol. The molecular formula is H12N4O4. The Balaban J connectivity index is -0.0000000356. The smallest absolute Gasteiger partial charge is 0.237 e. The highest BCUT2D eigenvalue weighted by Crippen LogP contribution is 0.416. The maximum atomic E-state index is 5.49. The molecule has 0 fully saturated rings. The van der Waals surface area contributed by atoms with Gasteiger partial charge in [-0.1, -0.05) is 0 Å². The Morgan fingerprint density at radius 3 is 0.750 bits per heavy atom. The van der Waals surface area contributed by atoms with E-state index in [9.17, 15) is 0 Å². The minimum absolute atomic E-state index is 3.00. The van der Waals surface area contributed by atoms with Crippen molar-refractivity contribution < 1.29 is 26.6 Å². The average Bonchev–Trinajstić information content (AvgIpc) is 1.92. The number of hydrogen-bond donors (Lipinski definition) is 8. The summed E-state index contributed by atoms with van der Waals surface area (Å²) in [5.74, 6) is 16.1. The van der Waals surface area contributed by atoms with E-state index in [0.29, 0.717) is 0 Å². The van der Waals surface area contributed by atoms with E-state index >= 15 is 0 Å². The van der Waals surface area contributed by atoms with E-state index in [4.69, 9.17) is 5.72 Å². The van der Waals surface area contributed by atoms with Crippen LogP contribution in [0.4, 0.5) is 0 Å². The minimum Gasteiger partial charge on any atom is -0.320 e. The van der Waals surface area contributed by atoms with Crippen LogP contribution in [0.15, 0.2) is 0 Å². The fourth-order valence-corrected chi connectivity index (χ4v) is 0. The van der Waals surface area contributed by atoms with Gasteiger partial charge in [0, 0.05) is 0 Å². The zero-order valence-corrected chi connectivity index (χ0v) is 3.94. The third-order valence-electron chi connectivity index (χ3n) is 0. The van der Waals surface area contributed by atoms with E-state index in [1.165, 1.54) is 0 Å². The Hall–Kier alpha value is -0.320. The van der Waals surface area contributed by atoms with Crippen LogP contribution in [0.2, 0.25) is 5.72 Å². The van der Waals surface area contributed by atoms with E-state index in [2.05, 4.69) is 44.4 Å². The van der Waals surface area contributed by atoms with Crippen LogP contribution >= 0.6 is 0 Å². The molecule has 0 saturated carbocycles. The lowest BCUT2D eigenvalue weighted by Gasteiger charge is -1.27. The topological polar surface area (TPSA) is 185 Å². The average molecular weight is 136 g/mol. The highest BCUT2D eigenvalue weighted by Gasteiger charge is 0.738. The second-order valence-corrected chi connectivity index (χ2v) is 0. The van der Waals surface area contributed by atoms with Crippen LogP contribution in [0.1, 0.15) is 0 Å². The molecule has 0 spiro atoms. The lowest BCUT2D eigenvalue weighted by molar-refractivity contribution is 0.311. The van der Waals surface area contributed by atoms with Gasteiger partial charge in [0.25, 0.3) is 0 Å². The zero-order chi connectivity index (χ0) is 10.8. The molecule has 8 heteroatoms. The van der Waals surface area contributed by atoms with Crippen molar-refractivity contribution in [2.24, 2.45) is 23.6 Å². The third-order valence-corrected chi connectivity index (χ3v) is 0. The van der Waals surface area contributed by atoms with Gasteiger partial charge in [-0.15, -0.1) is 0 Å². The van der Waals surface area contributed by atoms with Crippen LogP contribution in [0.5, 0.6) is 0 Å². The van der Waals surface area contributed by atoms with Gasteiger partial charge < -0.3 is 20.8 Å². The molecule has 56 valence electrons. The summed E-state index contributed by atoms with van der Waals surface area (Å²) in [6.45, 7) is 0. The molecule has 0 rings (SSSR count). The molecule has 8 heavy (non-hydrogen) atoms. The summed E-state index contributed by atoms with van der Waals surface area (Å²) in [7, 11) is 0. The first-order chi connectivity index (χ1) is 5.66. The summed E-state index contributed by atoms with van der Waals surface area (Å²) in [5, 5.41) is 12.0. The normalized spacial score (nSPS) is 9.50. The van der Waals surface area contributed by atoms with Gasteiger partial charge in [0.05, 0.1) is 0 Å². The Morgan fingerprint density at radius 1 is 0.750 bits per heavy atom. The van der Waals surface area contributed by atoms with Crippen LogP contribution in [-0.2, 0) is 0 Å². The van der Waals surface area contributed by atoms with Crippen molar-refractivity contribution in [2.75, 3.05) is 0 Å². The first-order valence-corrected chi connectivity index (χ1v) is 0.943. The monoisotopic (exact) mass is 136 g/mol. The second kappa shape index (κ2) is 2100. The van der Waals surface area contributed by atoms with Gasteiger partial charge in [-0.2, -0.15) is 0 Å². The van der Waals surface area contributed by atoms with Crippen LogP contribution in [0.3, 0.4) is 0 Å². The molecular weight excluding hydrogens is 120 g/mol. The first kappa shape index (κ1) is 5.81. The standard InChI is InChI=1S/4H3NO/c4*1-2/h4*2H,1H2/i4*2D. The Kier molecular flexibility index (Phi) is 1530. The lowest BCUT2D eigenvalue weighted by Crippen LogP contribution is -1.72. The molecule has 0 heterocycles. The number of rotatable bonds is 0. The Morgan fingerprint density at radius 2 is 0.750 bits per heavy atom. The molecule has 0 aromatic carbocycles. The van der Waals surface area contributed by atoms with Crippen molar-refractivity contribution in [1.82, 2.24) is 0 Å². The third kappa shape index (κ3) is 1210. The van der Waals surface area contributed by atoms with Gasteiger partial charge in [-0.05, 0) is 0 Å². The van der Waals surface area contributed by atoms with E-state index in [-0.39, 0.29) is 0 Å². The second-order valence-electron chi connectivity index (χ2n) is 0. The quantitative estimate of drug-likeness (QED) is 0.166. The molecule has 0 amide bonds. The van der Waals surface area contributed by atoms with Crippen molar-refractivity contribution in [2.45, 2.75) is 0 Å². The summed E-state index contributed by atoms with van der Waals surface area (Å²) in [5.41, 5.74) is 0. The van der Waals surface area contributed by atoms with Crippen LogP contribution in [0, 0.1) is 0 Å². The van der Waals surface area contributed by atoms with Crippen LogP contribution < -0.4 is 23.6 Å². The van der Waals surface area contributed by atoms with Gasteiger partial charge in [-0.3, -0.25) is 0 Å². The maximum Gasteiger partial charge on any atom is 0.237 e. The predicted octanol–water partition coefficient (Wildman–Crippen LogP) is -2.66. The summed E-state index contributed by atoms with van der Waals surface area (Å²) >= 11 is 0. The zero-order valence-electron chi connectivity index (χ0n) is 7.94. The first-order valence-electron chi connectivity index (χ1n) is 2.58. The van der Waals surface area contributed by atoms with Crippen molar-refractivity contribution in [3.05, 3.63) is 0 Å². The largest absolute Gasteiger partial charge is 0.320 e. The summed E-state index contributed by atoms with van der Waals surface area (Å²) in [6.07, 6.45) is 0. The van der Waals surface area contributed by atoms with E-state index < -0.39 is 0 Å². The molecule has 0 aliphatic carbocycles. The maximum absolute atomic E-state index is 5.49. The molecule has 0 radical (unpaired) electrons. The van der Waals surface area contributed by atoms with Crippen LogP contribution in [0.25, 0.3) is 0 Å². The highest BCUT2D eigenvalue weighted by molar-refractivity contribution is 2.78. The van der Waals surface area contributed by atoms with Gasteiger partial charge >= 0.3 is 0 Å². The molecule has 0 bridgehead atoms. The van der Waals surface area contributed by atoms with Gasteiger partial charge in [0.15, 0.2) is 0 Å². The van der Waals surface area contributed by atoms with Gasteiger partial charge in [-0.25, -0.2) is 23.6 Å². The van der Waals surface area contributed by atoms with Gasteiger partial charge in [0.1, 0.15) is 0 Å². The fourth-order valence-electron chi connectivity index (χ4n) is 0. The molecule has 8 nitrogen and oxygen atoms in total. The Bertz CT molecular complexity index is 27.0. The summed E-state index contributed by atoms with van der Waals surface area (Å²) in [4.78, 5) is 0. The SMILES string of the molecule is [2H]ON.[2H]ON.[2H]ON.[2H]ON. The minimum atomic E-state index is 3.00. The lowest BCUT2D eigenvalue weighted by atomic mass is 13.6. The molecule has 12 N–H and O–H groups in total. The summed E-state index contributed by atoms with van der Waals surface area (Å²) in [6, 6.07) is 0. The van der Waals surface area contributed by atoms with Crippen molar-refractivity contribution in [3.8, 4) is 0 Å². The molecule has 0 saturated heterocycles.